The molecule has 1 N–H and O–H groups in total. The van der Waals surface area contributed by atoms with Crippen molar-refractivity contribution in [1.82, 2.24) is 10.2 Å². The maximum Gasteiger partial charge on any atom is 0.151 e. The molecular weight excluding hydrogens is 236 g/mol. The average molecular weight is 252 g/mol. The zero-order valence-corrected chi connectivity index (χ0v) is 11.4. The van der Waals surface area contributed by atoms with Gasteiger partial charge in [-0.25, -0.2) is 0 Å². The van der Waals surface area contributed by atoms with Crippen molar-refractivity contribution in [3.05, 3.63) is 41.0 Å². The van der Waals surface area contributed by atoms with Gasteiger partial charge >= 0.3 is 0 Å². The summed E-state index contributed by atoms with van der Waals surface area (Å²) in [5, 5.41) is 20.6. The standard InChI is InChI=1S/C15H16N4/c1-4-17-15-11(3)10(2)14(18-19-15)13-7-5-6-12(8-13)9-16/h5-8H,4H2,1-3H3,(H,17,19). The number of benzene rings is 1. The van der Waals surface area contributed by atoms with Gasteiger partial charge in [-0.3, -0.25) is 0 Å². The number of hydrogen-bond acceptors (Lipinski definition) is 4. The highest BCUT2D eigenvalue weighted by Gasteiger charge is 2.11. The smallest absolute Gasteiger partial charge is 0.151 e. The molecule has 19 heavy (non-hydrogen) atoms. The predicted octanol–water partition coefficient (Wildman–Crippen LogP) is 3.06. The van der Waals surface area contributed by atoms with Crippen LogP contribution in [-0.2, 0) is 0 Å². The minimum absolute atomic E-state index is 0.632. The van der Waals surface area contributed by atoms with Gasteiger partial charge in [-0.15, -0.1) is 10.2 Å². The van der Waals surface area contributed by atoms with Crippen LogP contribution in [-0.4, -0.2) is 16.7 Å². The van der Waals surface area contributed by atoms with Gasteiger partial charge in [0.05, 0.1) is 17.3 Å². The Hall–Kier alpha value is -2.41. The molecule has 4 nitrogen and oxygen atoms in total. The third-order valence-corrected chi connectivity index (χ3v) is 3.13. The number of nitrogens with one attached hydrogen (secondary N) is 1. The summed E-state index contributed by atoms with van der Waals surface area (Å²) < 4.78 is 0. The van der Waals surface area contributed by atoms with Crippen molar-refractivity contribution in [2.75, 3.05) is 11.9 Å². The topological polar surface area (TPSA) is 61.6 Å². The van der Waals surface area contributed by atoms with Crippen molar-refractivity contribution in [3.63, 3.8) is 0 Å². The molecule has 0 aliphatic carbocycles. The van der Waals surface area contributed by atoms with Crippen LogP contribution in [0.1, 0.15) is 23.6 Å². The fraction of sp³-hybridized carbons (Fsp3) is 0.267. The molecule has 1 heterocycles. The van der Waals surface area contributed by atoms with Crippen LogP contribution in [0.5, 0.6) is 0 Å². The van der Waals surface area contributed by atoms with Gasteiger partial charge in [0.2, 0.25) is 0 Å². The monoisotopic (exact) mass is 252 g/mol. The Balaban J connectivity index is 2.51. The second-order valence-electron chi connectivity index (χ2n) is 4.37. The second-order valence-corrected chi connectivity index (χ2v) is 4.37. The van der Waals surface area contributed by atoms with Crippen LogP contribution in [0.2, 0.25) is 0 Å². The molecule has 1 aromatic carbocycles. The average Bonchev–Trinajstić information content (AvgIpc) is 2.44. The highest BCUT2D eigenvalue weighted by Crippen LogP contribution is 2.26. The summed E-state index contributed by atoms with van der Waals surface area (Å²) >= 11 is 0. The molecule has 0 bridgehead atoms. The molecule has 0 unspecified atom stereocenters. The van der Waals surface area contributed by atoms with E-state index in [2.05, 4.69) is 21.6 Å². The van der Waals surface area contributed by atoms with Gasteiger partial charge in [-0.05, 0) is 44.0 Å². The van der Waals surface area contributed by atoms with E-state index in [9.17, 15) is 0 Å². The van der Waals surface area contributed by atoms with Crippen LogP contribution >= 0.6 is 0 Å². The van der Waals surface area contributed by atoms with Crippen molar-refractivity contribution in [1.29, 1.82) is 5.26 Å². The normalized spacial score (nSPS) is 10.0. The lowest BCUT2D eigenvalue weighted by Crippen LogP contribution is -2.06. The van der Waals surface area contributed by atoms with E-state index in [1.54, 1.807) is 6.07 Å². The number of nitrogens with zero attached hydrogens (tertiary/aromatic N) is 3. The molecule has 4 heteroatoms. The van der Waals surface area contributed by atoms with E-state index in [4.69, 9.17) is 5.26 Å². The first-order chi connectivity index (χ1) is 9.17. The maximum atomic E-state index is 8.95. The molecular formula is C15H16N4. The first-order valence-electron chi connectivity index (χ1n) is 6.25. The lowest BCUT2D eigenvalue weighted by atomic mass is 10.0. The van der Waals surface area contributed by atoms with Crippen LogP contribution in [0, 0.1) is 25.2 Å². The number of hydrogen-bond donors (Lipinski definition) is 1. The van der Waals surface area contributed by atoms with E-state index in [0.29, 0.717) is 5.56 Å². The van der Waals surface area contributed by atoms with Crippen molar-refractivity contribution < 1.29 is 0 Å². The summed E-state index contributed by atoms with van der Waals surface area (Å²) in [5.41, 5.74) is 4.56. The minimum atomic E-state index is 0.632. The SMILES string of the molecule is CCNc1nnc(-c2cccc(C#N)c2)c(C)c1C. The van der Waals surface area contributed by atoms with Crippen molar-refractivity contribution in [3.8, 4) is 17.3 Å². The first-order valence-corrected chi connectivity index (χ1v) is 6.25. The number of rotatable bonds is 3. The first kappa shape index (κ1) is 13.0. The van der Waals surface area contributed by atoms with E-state index < -0.39 is 0 Å². The third-order valence-electron chi connectivity index (χ3n) is 3.13. The molecule has 0 spiro atoms. The Morgan fingerprint density at radius 1 is 1.21 bits per heavy atom. The van der Waals surface area contributed by atoms with Crippen LogP contribution < -0.4 is 5.32 Å². The molecule has 1 aromatic heterocycles. The zero-order chi connectivity index (χ0) is 13.8. The minimum Gasteiger partial charge on any atom is -0.369 e. The highest BCUT2D eigenvalue weighted by molar-refractivity contribution is 5.67. The molecule has 96 valence electrons. The number of nitriles is 1. The molecule has 0 aliphatic rings. The molecule has 0 fully saturated rings. The Kier molecular flexibility index (Phi) is 3.76. The lowest BCUT2D eigenvalue weighted by molar-refractivity contribution is 0.987. The molecule has 0 aliphatic heterocycles. The predicted molar refractivity (Wildman–Crippen MR) is 75.8 cm³/mol. The zero-order valence-electron chi connectivity index (χ0n) is 11.4. The second kappa shape index (κ2) is 5.49. The van der Waals surface area contributed by atoms with Crippen molar-refractivity contribution in [2.45, 2.75) is 20.8 Å². The van der Waals surface area contributed by atoms with Crippen LogP contribution in [0.4, 0.5) is 5.82 Å². The summed E-state index contributed by atoms with van der Waals surface area (Å²) in [4.78, 5) is 0. The van der Waals surface area contributed by atoms with Crippen LogP contribution in [0.15, 0.2) is 24.3 Å². The fourth-order valence-corrected chi connectivity index (χ4v) is 1.95. The highest BCUT2D eigenvalue weighted by atomic mass is 15.2. The molecule has 0 atom stereocenters. The fourth-order valence-electron chi connectivity index (χ4n) is 1.95. The van der Waals surface area contributed by atoms with Crippen LogP contribution in [0.3, 0.4) is 0 Å². The van der Waals surface area contributed by atoms with E-state index in [1.807, 2.05) is 39.0 Å². The summed E-state index contributed by atoms with van der Waals surface area (Å²) in [7, 11) is 0. The Labute approximate surface area is 113 Å². The Morgan fingerprint density at radius 3 is 2.68 bits per heavy atom. The molecule has 0 radical (unpaired) electrons. The van der Waals surface area contributed by atoms with Gasteiger partial charge in [-0.1, -0.05) is 12.1 Å². The quantitative estimate of drug-likeness (QED) is 0.912. The van der Waals surface area contributed by atoms with E-state index in [1.165, 1.54) is 0 Å². The summed E-state index contributed by atoms with van der Waals surface area (Å²) in [6.07, 6.45) is 0. The largest absolute Gasteiger partial charge is 0.369 e. The molecule has 0 saturated carbocycles. The van der Waals surface area contributed by atoms with E-state index >= 15 is 0 Å². The van der Waals surface area contributed by atoms with Gasteiger partial charge in [0.1, 0.15) is 0 Å². The van der Waals surface area contributed by atoms with Crippen molar-refractivity contribution >= 4 is 5.82 Å². The Bertz CT molecular complexity index is 641. The lowest BCUT2D eigenvalue weighted by Gasteiger charge is -2.11. The number of aromatic nitrogens is 2. The number of anilines is 1. The van der Waals surface area contributed by atoms with E-state index in [-0.39, 0.29) is 0 Å². The third kappa shape index (κ3) is 2.55. The van der Waals surface area contributed by atoms with Gasteiger partial charge in [0.15, 0.2) is 5.82 Å². The summed E-state index contributed by atoms with van der Waals surface area (Å²) in [5.74, 6) is 0.820. The van der Waals surface area contributed by atoms with Crippen molar-refractivity contribution in [2.24, 2.45) is 0 Å². The van der Waals surface area contributed by atoms with Gasteiger partial charge in [0.25, 0.3) is 0 Å². The maximum absolute atomic E-state index is 8.95. The molecule has 0 saturated heterocycles. The molecule has 2 rings (SSSR count). The Morgan fingerprint density at radius 2 is 2.00 bits per heavy atom. The molecule has 2 aromatic rings. The van der Waals surface area contributed by atoms with E-state index in [0.717, 1.165) is 34.7 Å². The van der Waals surface area contributed by atoms with Gasteiger partial charge in [-0.2, -0.15) is 5.26 Å². The summed E-state index contributed by atoms with van der Waals surface area (Å²) in [6.45, 7) is 6.90. The molecule has 0 amide bonds. The summed E-state index contributed by atoms with van der Waals surface area (Å²) in [6, 6.07) is 9.58. The van der Waals surface area contributed by atoms with Crippen LogP contribution in [0.25, 0.3) is 11.3 Å². The van der Waals surface area contributed by atoms with Gasteiger partial charge in [0, 0.05) is 12.1 Å². The van der Waals surface area contributed by atoms with Gasteiger partial charge < -0.3 is 5.32 Å².